The normalized spacial score (nSPS) is 16.8. The van der Waals surface area contributed by atoms with Crippen LogP contribution in [0.1, 0.15) is 6.42 Å². The van der Waals surface area contributed by atoms with Crippen molar-refractivity contribution < 1.29 is 9.53 Å². The fourth-order valence-electron chi connectivity index (χ4n) is 3.20. The molecule has 0 aromatic carbocycles. The van der Waals surface area contributed by atoms with E-state index in [0.717, 1.165) is 28.7 Å². The molecule has 9 nitrogen and oxygen atoms in total. The number of rotatable bonds is 3. The number of fused-ring (bicyclic) bond motifs is 3. The summed E-state index contributed by atoms with van der Waals surface area (Å²) >= 11 is 0. The number of anilines is 1. The Kier molecular flexibility index (Phi) is 4.01. The number of hydrogen-bond acceptors (Lipinski definition) is 7. The summed E-state index contributed by atoms with van der Waals surface area (Å²) in [4.78, 5) is 31.6. The Morgan fingerprint density at radius 2 is 2.38 bits per heavy atom. The van der Waals surface area contributed by atoms with Crippen molar-refractivity contribution in [1.82, 2.24) is 24.8 Å². The number of nitrogens with zero attached hydrogens (tertiary/aromatic N) is 6. The second kappa shape index (κ2) is 6.48. The number of aromatic nitrogens is 4. The fraction of sp³-hybridized carbons (Fsp3) is 0.353. The molecule has 4 heterocycles. The Morgan fingerprint density at radius 1 is 1.50 bits per heavy atom. The van der Waals surface area contributed by atoms with Gasteiger partial charge in [0.25, 0.3) is 0 Å². The lowest BCUT2D eigenvalue weighted by atomic mass is 10.2. The number of amides is 1. The summed E-state index contributed by atoms with van der Waals surface area (Å²) in [6.07, 6.45) is 5.11. The number of H-pyrrole nitrogens is 1. The number of pyridine rings is 1. The van der Waals surface area contributed by atoms with Crippen LogP contribution in [-0.2, 0) is 4.74 Å². The van der Waals surface area contributed by atoms with Gasteiger partial charge in [0, 0.05) is 31.6 Å². The smallest absolute Gasteiger partial charge is 0.410 e. The molecule has 1 saturated heterocycles. The Hall–Kier alpha value is -3.41. The molecule has 1 amide bonds. The molecule has 0 bridgehead atoms. The second-order valence-corrected chi connectivity index (χ2v) is 6.21. The van der Waals surface area contributed by atoms with Crippen molar-refractivity contribution in [3.8, 4) is 6.07 Å². The Morgan fingerprint density at radius 3 is 3.23 bits per heavy atom. The van der Waals surface area contributed by atoms with Crippen molar-refractivity contribution in [2.45, 2.75) is 12.5 Å². The zero-order valence-corrected chi connectivity index (χ0v) is 14.2. The molecule has 1 unspecified atom stereocenters. The predicted octanol–water partition coefficient (Wildman–Crippen LogP) is 1.68. The molecule has 1 aliphatic rings. The molecule has 1 N–H and O–H groups in total. The van der Waals surface area contributed by atoms with Gasteiger partial charge in [-0.05, 0) is 6.07 Å². The number of nitriles is 1. The molecule has 1 atom stereocenters. The summed E-state index contributed by atoms with van der Waals surface area (Å²) in [5, 5.41) is 10.6. The molecular weight excluding hydrogens is 334 g/mol. The topological polar surface area (TPSA) is 111 Å². The van der Waals surface area contributed by atoms with E-state index in [1.54, 1.807) is 25.8 Å². The third-order valence-corrected chi connectivity index (χ3v) is 4.50. The first-order valence-corrected chi connectivity index (χ1v) is 8.28. The lowest BCUT2D eigenvalue weighted by molar-refractivity contribution is 0.0810. The molecule has 0 aliphatic carbocycles. The minimum atomic E-state index is -0.482. The number of carbonyl (C=O) groups is 1. The second-order valence-electron chi connectivity index (χ2n) is 6.21. The van der Waals surface area contributed by atoms with Crippen molar-refractivity contribution in [3.05, 3.63) is 24.8 Å². The molecule has 0 saturated carbocycles. The largest absolute Gasteiger partial charge is 0.444 e. The lowest BCUT2D eigenvalue weighted by Crippen LogP contribution is -2.33. The maximum Gasteiger partial charge on any atom is 0.410 e. The maximum atomic E-state index is 12.0. The van der Waals surface area contributed by atoms with E-state index in [-0.39, 0.29) is 12.6 Å². The standard InChI is InChI=1S/C17H17N7O2/c1-23(7-4-18)17(25)26-11-3-6-24(9-11)16-14-12-2-5-19-15(12)20-8-13(14)21-10-22-16/h2,5,8,10-11H,3,6-7,9H2,1H3,(H,21,22). The van der Waals surface area contributed by atoms with E-state index in [4.69, 9.17) is 10.00 Å². The van der Waals surface area contributed by atoms with E-state index >= 15 is 0 Å². The van der Waals surface area contributed by atoms with Crippen LogP contribution in [0.5, 0.6) is 0 Å². The molecule has 4 rings (SSSR count). The summed E-state index contributed by atoms with van der Waals surface area (Å²) in [6, 6.07) is 3.86. The van der Waals surface area contributed by atoms with Gasteiger partial charge in [0.15, 0.2) is 5.65 Å². The van der Waals surface area contributed by atoms with E-state index in [1.165, 1.54) is 4.90 Å². The summed E-state index contributed by atoms with van der Waals surface area (Å²) in [7, 11) is 1.55. The van der Waals surface area contributed by atoms with Crippen LogP contribution in [-0.4, -0.2) is 63.7 Å². The highest BCUT2D eigenvalue weighted by Crippen LogP contribution is 2.31. The van der Waals surface area contributed by atoms with Crippen LogP contribution in [0.2, 0.25) is 0 Å². The minimum absolute atomic E-state index is 0.00491. The maximum absolute atomic E-state index is 12.0. The number of hydrogen-bond donors (Lipinski definition) is 1. The van der Waals surface area contributed by atoms with Crippen LogP contribution in [0.25, 0.3) is 21.9 Å². The van der Waals surface area contributed by atoms with Crippen molar-refractivity contribution in [3.63, 3.8) is 0 Å². The van der Waals surface area contributed by atoms with Crippen molar-refractivity contribution in [1.29, 1.82) is 5.26 Å². The molecule has 0 radical (unpaired) electrons. The average molecular weight is 351 g/mol. The number of nitrogens with one attached hydrogen (secondary N) is 1. The summed E-state index contributed by atoms with van der Waals surface area (Å²) in [5.41, 5.74) is 1.56. The van der Waals surface area contributed by atoms with Crippen LogP contribution >= 0.6 is 0 Å². The molecule has 3 aromatic heterocycles. The molecule has 1 aliphatic heterocycles. The monoisotopic (exact) mass is 351 g/mol. The van der Waals surface area contributed by atoms with Gasteiger partial charge in [-0.3, -0.25) is 4.90 Å². The molecular formula is C17H17N7O2. The van der Waals surface area contributed by atoms with Crippen LogP contribution < -0.4 is 4.90 Å². The third-order valence-electron chi connectivity index (χ3n) is 4.50. The first-order chi connectivity index (χ1) is 12.7. The summed E-state index contributed by atoms with van der Waals surface area (Å²) < 4.78 is 5.50. The first-order valence-electron chi connectivity index (χ1n) is 8.28. The van der Waals surface area contributed by atoms with E-state index in [2.05, 4.69) is 24.8 Å². The van der Waals surface area contributed by atoms with E-state index in [9.17, 15) is 4.79 Å². The van der Waals surface area contributed by atoms with Crippen molar-refractivity contribution >= 4 is 33.8 Å². The molecule has 1 fully saturated rings. The van der Waals surface area contributed by atoms with Crippen molar-refractivity contribution in [2.24, 2.45) is 0 Å². The number of carbonyl (C=O) groups excluding carboxylic acids is 1. The van der Waals surface area contributed by atoms with Crippen molar-refractivity contribution in [2.75, 3.05) is 31.6 Å². The van der Waals surface area contributed by atoms with Gasteiger partial charge in [-0.25, -0.2) is 19.7 Å². The summed E-state index contributed by atoms with van der Waals surface area (Å²) in [5.74, 6) is 0.822. The van der Waals surface area contributed by atoms with Gasteiger partial charge in [0.2, 0.25) is 0 Å². The number of aromatic amines is 1. The Labute approximate surface area is 149 Å². The number of ether oxygens (including phenoxy) is 1. The van der Waals surface area contributed by atoms with Gasteiger partial charge in [-0.2, -0.15) is 5.26 Å². The highest BCUT2D eigenvalue weighted by atomic mass is 16.6. The highest BCUT2D eigenvalue weighted by Gasteiger charge is 2.29. The molecule has 26 heavy (non-hydrogen) atoms. The molecule has 9 heteroatoms. The van der Waals surface area contributed by atoms with Crippen LogP contribution in [0.4, 0.5) is 10.6 Å². The fourth-order valence-corrected chi connectivity index (χ4v) is 3.20. The van der Waals surface area contributed by atoms with Crippen LogP contribution in [0.3, 0.4) is 0 Å². The Bertz CT molecular complexity index is 1010. The van der Waals surface area contributed by atoms with E-state index < -0.39 is 6.09 Å². The SMILES string of the molecule is CN(CC#N)C(=O)OC1CCN(c2nc[nH]c3cnc4nccc4c23)C1. The van der Waals surface area contributed by atoms with E-state index in [1.807, 2.05) is 12.1 Å². The quantitative estimate of drug-likeness (QED) is 0.715. The van der Waals surface area contributed by atoms with Gasteiger partial charge in [-0.15, -0.1) is 0 Å². The predicted molar refractivity (Wildman–Crippen MR) is 94.5 cm³/mol. The van der Waals surface area contributed by atoms with E-state index in [0.29, 0.717) is 18.6 Å². The minimum Gasteiger partial charge on any atom is -0.444 e. The Balaban J connectivity index is 1.59. The van der Waals surface area contributed by atoms with Crippen LogP contribution in [0, 0.1) is 11.3 Å². The van der Waals surface area contributed by atoms with Gasteiger partial charge in [0.1, 0.15) is 18.5 Å². The van der Waals surface area contributed by atoms with Gasteiger partial charge in [-0.1, -0.05) is 0 Å². The lowest BCUT2D eigenvalue weighted by Gasteiger charge is -2.20. The van der Waals surface area contributed by atoms with Crippen LogP contribution in [0.15, 0.2) is 24.8 Å². The summed E-state index contributed by atoms with van der Waals surface area (Å²) in [6.45, 7) is 1.28. The molecule has 0 spiro atoms. The van der Waals surface area contributed by atoms with Gasteiger partial charge in [0.05, 0.1) is 36.0 Å². The third kappa shape index (κ3) is 2.75. The molecule has 3 aromatic rings. The molecule has 132 valence electrons. The highest BCUT2D eigenvalue weighted by molar-refractivity contribution is 6.08. The first kappa shape index (κ1) is 16.1. The average Bonchev–Trinajstić information content (AvgIpc) is 3.30. The zero-order valence-electron chi connectivity index (χ0n) is 14.2. The zero-order chi connectivity index (χ0) is 18.1. The van der Waals surface area contributed by atoms with Gasteiger partial charge >= 0.3 is 6.09 Å². The van der Waals surface area contributed by atoms with Gasteiger partial charge < -0.3 is 14.6 Å².